The van der Waals surface area contributed by atoms with E-state index in [1.807, 2.05) is 0 Å². The molecule has 1 aliphatic rings. The predicted octanol–water partition coefficient (Wildman–Crippen LogP) is 3.03. The molecule has 0 unspecified atom stereocenters. The maximum absolute atomic E-state index is 11.4. The molecule has 0 heterocycles. The Morgan fingerprint density at radius 1 is 1.15 bits per heavy atom. The lowest BCUT2D eigenvalue weighted by molar-refractivity contribution is -0.143. The fraction of sp³-hybridized carbons (Fsp3) is 0.727. The van der Waals surface area contributed by atoms with Gasteiger partial charge in [-0.1, -0.05) is 38.7 Å². The van der Waals surface area contributed by atoms with Gasteiger partial charge in [-0.2, -0.15) is 0 Å². The summed E-state index contributed by atoms with van der Waals surface area (Å²) in [5, 5.41) is 0. The highest BCUT2D eigenvalue weighted by Crippen LogP contribution is 2.23. The van der Waals surface area contributed by atoms with Crippen molar-refractivity contribution in [1.29, 1.82) is 0 Å². The lowest BCUT2D eigenvalue weighted by Gasteiger charge is -2.16. The minimum atomic E-state index is -0.0862. The van der Waals surface area contributed by atoms with Gasteiger partial charge in [0.2, 0.25) is 0 Å². The highest BCUT2D eigenvalue weighted by atomic mass is 16.5. The van der Waals surface area contributed by atoms with Crippen molar-refractivity contribution in [3.63, 3.8) is 0 Å². The first-order valence-electron chi connectivity index (χ1n) is 5.16. The zero-order valence-corrected chi connectivity index (χ0v) is 8.13. The van der Waals surface area contributed by atoms with Gasteiger partial charge in [-0.25, -0.2) is 0 Å². The van der Waals surface area contributed by atoms with E-state index in [2.05, 4.69) is 6.58 Å². The molecular weight excluding hydrogens is 164 g/mol. The maximum Gasteiger partial charge on any atom is 0.313 e. The van der Waals surface area contributed by atoms with Crippen molar-refractivity contribution in [1.82, 2.24) is 0 Å². The van der Waals surface area contributed by atoms with Crippen molar-refractivity contribution < 1.29 is 9.53 Å². The molecule has 0 aliphatic heterocycles. The van der Waals surface area contributed by atoms with Crippen LogP contribution in [0.3, 0.4) is 0 Å². The summed E-state index contributed by atoms with van der Waals surface area (Å²) in [6, 6.07) is 0. The van der Waals surface area contributed by atoms with E-state index in [0.717, 1.165) is 25.7 Å². The van der Waals surface area contributed by atoms with E-state index in [-0.39, 0.29) is 11.9 Å². The minimum Gasteiger partial charge on any atom is -0.435 e. The van der Waals surface area contributed by atoms with Gasteiger partial charge in [0.05, 0.1) is 12.2 Å². The van der Waals surface area contributed by atoms with Crippen LogP contribution in [0.25, 0.3) is 0 Å². The van der Waals surface area contributed by atoms with Crippen LogP contribution in [0, 0.1) is 5.92 Å². The van der Waals surface area contributed by atoms with E-state index in [0.29, 0.717) is 0 Å². The van der Waals surface area contributed by atoms with Gasteiger partial charge in [0, 0.05) is 0 Å². The van der Waals surface area contributed by atoms with Gasteiger partial charge in [-0.3, -0.25) is 4.79 Å². The molecule has 0 N–H and O–H groups in total. The summed E-state index contributed by atoms with van der Waals surface area (Å²) in [6.07, 6.45) is 9.40. The summed E-state index contributed by atoms with van der Waals surface area (Å²) >= 11 is 0. The number of hydrogen-bond acceptors (Lipinski definition) is 2. The Bertz CT molecular complexity index is 167. The van der Waals surface area contributed by atoms with Gasteiger partial charge < -0.3 is 4.74 Å². The Balaban J connectivity index is 2.36. The Labute approximate surface area is 80.0 Å². The van der Waals surface area contributed by atoms with Gasteiger partial charge in [0.25, 0.3) is 0 Å². The first kappa shape index (κ1) is 10.3. The van der Waals surface area contributed by atoms with Crippen LogP contribution >= 0.6 is 0 Å². The van der Waals surface area contributed by atoms with Gasteiger partial charge in [0.1, 0.15) is 0 Å². The van der Waals surface area contributed by atoms with Crippen molar-refractivity contribution in [2.45, 2.75) is 44.9 Å². The Hall–Kier alpha value is -0.790. The van der Waals surface area contributed by atoms with E-state index in [9.17, 15) is 4.79 Å². The average molecular weight is 182 g/mol. The van der Waals surface area contributed by atoms with Crippen LogP contribution in [0.15, 0.2) is 12.8 Å². The number of esters is 1. The van der Waals surface area contributed by atoms with Gasteiger partial charge in [-0.15, -0.1) is 0 Å². The first-order chi connectivity index (χ1) is 6.34. The fourth-order valence-electron chi connectivity index (χ4n) is 1.87. The van der Waals surface area contributed by atoms with Crippen LogP contribution in [0.4, 0.5) is 0 Å². The molecule has 2 heteroatoms. The Morgan fingerprint density at radius 3 is 2.23 bits per heavy atom. The molecule has 0 aromatic rings. The molecule has 0 aromatic carbocycles. The summed E-state index contributed by atoms with van der Waals surface area (Å²) in [7, 11) is 0. The van der Waals surface area contributed by atoms with Crippen LogP contribution in [-0.2, 0) is 9.53 Å². The van der Waals surface area contributed by atoms with Gasteiger partial charge >= 0.3 is 5.97 Å². The SMILES string of the molecule is C=COC(=O)C1CCCCCCC1. The quantitative estimate of drug-likeness (QED) is 0.484. The van der Waals surface area contributed by atoms with Crippen LogP contribution in [-0.4, -0.2) is 5.97 Å². The second kappa shape index (κ2) is 5.79. The topological polar surface area (TPSA) is 26.3 Å². The maximum atomic E-state index is 11.4. The molecule has 1 rings (SSSR count). The number of carbonyl (C=O) groups is 1. The average Bonchev–Trinajstić information content (AvgIpc) is 2.03. The zero-order valence-electron chi connectivity index (χ0n) is 8.13. The van der Waals surface area contributed by atoms with Crippen molar-refractivity contribution in [3.05, 3.63) is 12.8 Å². The van der Waals surface area contributed by atoms with Crippen molar-refractivity contribution >= 4 is 5.97 Å². The summed E-state index contributed by atoms with van der Waals surface area (Å²) < 4.78 is 4.80. The molecule has 1 fully saturated rings. The summed E-state index contributed by atoms with van der Waals surface area (Å²) in [5.74, 6) is 0.0372. The third kappa shape index (κ3) is 3.62. The minimum absolute atomic E-state index is 0.0862. The molecule has 74 valence electrons. The molecular formula is C11H18O2. The monoisotopic (exact) mass is 182 g/mol. The number of rotatable bonds is 2. The van der Waals surface area contributed by atoms with Crippen molar-refractivity contribution in [2.75, 3.05) is 0 Å². The first-order valence-corrected chi connectivity index (χ1v) is 5.16. The molecule has 13 heavy (non-hydrogen) atoms. The number of carbonyl (C=O) groups excluding carboxylic acids is 1. The molecule has 2 nitrogen and oxygen atoms in total. The third-order valence-electron chi connectivity index (χ3n) is 2.64. The molecule has 1 saturated carbocycles. The molecule has 0 amide bonds. The lowest BCUT2D eigenvalue weighted by Crippen LogP contribution is -2.16. The number of hydrogen-bond donors (Lipinski definition) is 0. The predicted molar refractivity (Wildman–Crippen MR) is 52.1 cm³/mol. The molecule has 0 spiro atoms. The van der Waals surface area contributed by atoms with Crippen LogP contribution < -0.4 is 0 Å². The molecule has 0 aromatic heterocycles. The molecule has 0 radical (unpaired) electrons. The summed E-state index contributed by atoms with van der Waals surface area (Å²) in [4.78, 5) is 11.4. The van der Waals surface area contributed by atoms with Crippen molar-refractivity contribution in [2.24, 2.45) is 5.92 Å². The van der Waals surface area contributed by atoms with Crippen LogP contribution in [0.1, 0.15) is 44.9 Å². The second-order valence-electron chi connectivity index (χ2n) is 3.65. The summed E-state index contributed by atoms with van der Waals surface area (Å²) in [5.41, 5.74) is 0. The van der Waals surface area contributed by atoms with Crippen LogP contribution in [0.2, 0.25) is 0 Å². The Kier molecular flexibility index (Phi) is 4.58. The van der Waals surface area contributed by atoms with E-state index in [1.54, 1.807) is 0 Å². The zero-order chi connectivity index (χ0) is 9.52. The van der Waals surface area contributed by atoms with Crippen molar-refractivity contribution in [3.8, 4) is 0 Å². The van der Waals surface area contributed by atoms with Gasteiger partial charge in [0.15, 0.2) is 0 Å². The number of ether oxygens (including phenoxy) is 1. The molecule has 1 aliphatic carbocycles. The smallest absolute Gasteiger partial charge is 0.313 e. The standard InChI is InChI=1S/C11H18O2/c1-2-13-11(12)10-8-6-4-3-5-7-9-10/h2,10H,1,3-9H2. The normalized spacial score (nSPS) is 20.0. The van der Waals surface area contributed by atoms with E-state index in [1.165, 1.54) is 25.5 Å². The van der Waals surface area contributed by atoms with Crippen LogP contribution in [0.5, 0.6) is 0 Å². The second-order valence-corrected chi connectivity index (χ2v) is 3.65. The molecule has 0 atom stereocenters. The Morgan fingerprint density at radius 2 is 1.69 bits per heavy atom. The fourth-order valence-corrected chi connectivity index (χ4v) is 1.87. The van der Waals surface area contributed by atoms with E-state index >= 15 is 0 Å². The summed E-state index contributed by atoms with van der Waals surface area (Å²) in [6.45, 7) is 3.39. The highest BCUT2D eigenvalue weighted by Gasteiger charge is 2.19. The third-order valence-corrected chi connectivity index (χ3v) is 2.64. The largest absolute Gasteiger partial charge is 0.435 e. The molecule has 0 saturated heterocycles. The van der Waals surface area contributed by atoms with E-state index in [4.69, 9.17) is 4.74 Å². The highest BCUT2D eigenvalue weighted by molar-refractivity contribution is 5.72. The van der Waals surface area contributed by atoms with Gasteiger partial charge in [-0.05, 0) is 12.8 Å². The molecule has 0 bridgehead atoms. The lowest BCUT2D eigenvalue weighted by atomic mass is 9.91. The van der Waals surface area contributed by atoms with E-state index < -0.39 is 0 Å².